The molecule has 0 radical (unpaired) electrons. The SMILES string of the molecule is Cc1c(-c2c3sc4c(CC(C)(C)C)ncn4c3cc[n+]2C)cc(C(C)(C)C)c2ccccc12. The lowest BCUT2D eigenvalue weighted by atomic mass is 9.80. The van der Waals surface area contributed by atoms with Crippen molar-refractivity contribution in [3.8, 4) is 11.3 Å². The molecule has 4 heteroatoms. The summed E-state index contributed by atoms with van der Waals surface area (Å²) in [5, 5.41) is 2.70. The van der Waals surface area contributed by atoms with Crippen LogP contribution < -0.4 is 4.57 Å². The van der Waals surface area contributed by atoms with Crippen LogP contribution in [0.5, 0.6) is 0 Å². The molecule has 0 saturated carbocycles. The van der Waals surface area contributed by atoms with Crippen molar-refractivity contribution in [1.29, 1.82) is 0 Å². The molecule has 0 aliphatic carbocycles. The maximum Gasteiger partial charge on any atom is 0.232 e. The van der Waals surface area contributed by atoms with Gasteiger partial charge in [0, 0.05) is 6.07 Å². The van der Waals surface area contributed by atoms with Crippen LogP contribution in [0.25, 0.3) is 37.1 Å². The second kappa shape index (κ2) is 7.39. The van der Waals surface area contributed by atoms with Gasteiger partial charge in [0.15, 0.2) is 6.20 Å². The van der Waals surface area contributed by atoms with Crippen molar-refractivity contribution in [3.05, 3.63) is 65.7 Å². The van der Waals surface area contributed by atoms with Crippen LogP contribution in [-0.4, -0.2) is 9.38 Å². The van der Waals surface area contributed by atoms with Crippen molar-refractivity contribution < 1.29 is 4.57 Å². The number of rotatable bonds is 2. The number of hydrogen-bond donors (Lipinski definition) is 0. The summed E-state index contributed by atoms with van der Waals surface area (Å²) in [5.41, 5.74) is 8.04. The Morgan fingerprint density at radius 3 is 2.36 bits per heavy atom. The lowest BCUT2D eigenvalue weighted by Crippen LogP contribution is -2.30. The van der Waals surface area contributed by atoms with Crippen molar-refractivity contribution >= 4 is 37.2 Å². The van der Waals surface area contributed by atoms with E-state index in [0.29, 0.717) is 0 Å². The van der Waals surface area contributed by atoms with Gasteiger partial charge < -0.3 is 0 Å². The first-order chi connectivity index (χ1) is 15.5. The lowest BCUT2D eigenvalue weighted by Gasteiger charge is -2.23. The van der Waals surface area contributed by atoms with Crippen LogP contribution in [0.15, 0.2) is 48.9 Å². The van der Waals surface area contributed by atoms with E-state index >= 15 is 0 Å². The third-order valence-electron chi connectivity index (χ3n) is 6.58. The third-order valence-corrected chi connectivity index (χ3v) is 7.82. The normalized spacial score (nSPS) is 13.0. The molecule has 0 unspecified atom stereocenters. The molecule has 5 rings (SSSR count). The standard InChI is InChI=1S/C29H34N3S/c1-18-19-11-9-10-12-20(19)22(29(5,6)7)15-21(18)25-26-24(13-14-31(25)8)32-17-30-23(27(32)33-26)16-28(2,3)4/h9-15,17H,16H2,1-8H3/q+1. The highest BCUT2D eigenvalue weighted by Gasteiger charge is 2.27. The van der Waals surface area contributed by atoms with Crippen LogP contribution in [0.1, 0.15) is 58.4 Å². The Labute approximate surface area is 200 Å². The molecule has 170 valence electrons. The van der Waals surface area contributed by atoms with E-state index in [2.05, 4.69) is 107 Å². The molecule has 0 amide bonds. The number of aryl methyl sites for hydroxylation is 2. The summed E-state index contributed by atoms with van der Waals surface area (Å²) in [4.78, 5) is 6.05. The van der Waals surface area contributed by atoms with Gasteiger partial charge in [0.25, 0.3) is 0 Å². The van der Waals surface area contributed by atoms with Gasteiger partial charge in [-0.1, -0.05) is 65.8 Å². The average molecular weight is 457 g/mol. The quantitative estimate of drug-likeness (QED) is 0.254. The first-order valence-electron chi connectivity index (χ1n) is 11.8. The zero-order valence-corrected chi connectivity index (χ0v) is 21.9. The molecule has 0 bridgehead atoms. The fraction of sp³-hybridized carbons (Fsp3) is 0.379. The van der Waals surface area contributed by atoms with Gasteiger partial charge in [-0.15, -0.1) is 11.3 Å². The van der Waals surface area contributed by atoms with Crippen molar-refractivity contribution in [2.75, 3.05) is 0 Å². The number of imidazole rings is 1. The van der Waals surface area contributed by atoms with Crippen molar-refractivity contribution in [2.24, 2.45) is 12.5 Å². The summed E-state index contributed by atoms with van der Waals surface area (Å²) in [5.74, 6) is 0. The van der Waals surface area contributed by atoms with Gasteiger partial charge in [-0.3, -0.25) is 4.40 Å². The van der Waals surface area contributed by atoms with Crippen molar-refractivity contribution in [2.45, 2.75) is 60.3 Å². The van der Waals surface area contributed by atoms with Gasteiger partial charge in [0.1, 0.15) is 22.9 Å². The molecule has 3 heterocycles. The number of pyridine rings is 1. The predicted molar refractivity (Wildman–Crippen MR) is 141 cm³/mol. The summed E-state index contributed by atoms with van der Waals surface area (Å²) in [6.07, 6.45) is 5.17. The van der Waals surface area contributed by atoms with Gasteiger partial charge >= 0.3 is 0 Å². The minimum atomic E-state index is 0.0563. The van der Waals surface area contributed by atoms with Crippen molar-refractivity contribution in [1.82, 2.24) is 9.38 Å². The molecule has 0 fully saturated rings. The van der Waals surface area contributed by atoms with E-state index < -0.39 is 0 Å². The molecule has 0 N–H and O–H groups in total. The minimum absolute atomic E-state index is 0.0563. The Hall–Kier alpha value is -2.72. The molecular weight excluding hydrogens is 422 g/mol. The highest BCUT2D eigenvalue weighted by Crippen LogP contribution is 2.41. The highest BCUT2D eigenvalue weighted by atomic mass is 32.1. The molecule has 0 aliphatic heterocycles. The van der Waals surface area contributed by atoms with Crippen LogP contribution in [0.4, 0.5) is 0 Å². The number of aromatic nitrogens is 3. The Morgan fingerprint density at radius 2 is 1.70 bits per heavy atom. The van der Waals surface area contributed by atoms with E-state index in [0.717, 1.165) is 6.42 Å². The second-order valence-electron chi connectivity index (χ2n) is 11.6. The maximum absolute atomic E-state index is 4.79. The molecule has 2 aromatic carbocycles. The highest BCUT2D eigenvalue weighted by molar-refractivity contribution is 7.24. The molecule has 0 atom stereocenters. The summed E-state index contributed by atoms with van der Waals surface area (Å²) < 4.78 is 5.90. The summed E-state index contributed by atoms with van der Waals surface area (Å²) >= 11 is 1.88. The topological polar surface area (TPSA) is 21.2 Å². The van der Waals surface area contributed by atoms with E-state index in [-0.39, 0.29) is 10.8 Å². The second-order valence-corrected chi connectivity index (χ2v) is 12.6. The molecule has 33 heavy (non-hydrogen) atoms. The summed E-state index contributed by atoms with van der Waals surface area (Å²) in [7, 11) is 2.17. The fourth-order valence-corrected chi connectivity index (χ4v) is 6.28. The molecular formula is C29H34N3S+. The van der Waals surface area contributed by atoms with Gasteiger partial charge in [0.2, 0.25) is 5.69 Å². The smallest absolute Gasteiger partial charge is 0.232 e. The molecule has 0 aliphatic rings. The van der Waals surface area contributed by atoms with Gasteiger partial charge in [-0.2, -0.15) is 4.57 Å². The van der Waals surface area contributed by atoms with Crippen LogP contribution in [0, 0.1) is 12.3 Å². The van der Waals surface area contributed by atoms with Gasteiger partial charge in [-0.25, -0.2) is 4.98 Å². The van der Waals surface area contributed by atoms with Gasteiger partial charge in [-0.05, 0) is 52.1 Å². The van der Waals surface area contributed by atoms with E-state index in [1.807, 2.05) is 17.7 Å². The van der Waals surface area contributed by atoms with Gasteiger partial charge in [0.05, 0.1) is 16.8 Å². The third kappa shape index (κ3) is 3.65. The first-order valence-corrected chi connectivity index (χ1v) is 12.6. The Morgan fingerprint density at radius 1 is 1.00 bits per heavy atom. The van der Waals surface area contributed by atoms with E-state index in [4.69, 9.17) is 4.98 Å². The monoisotopic (exact) mass is 456 g/mol. The Kier molecular flexibility index (Phi) is 4.95. The number of nitrogens with zero attached hydrogens (tertiary/aromatic N) is 3. The molecule has 0 saturated heterocycles. The van der Waals surface area contributed by atoms with Crippen LogP contribution in [0.2, 0.25) is 0 Å². The minimum Gasteiger partial charge on any atom is -0.289 e. The maximum atomic E-state index is 4.79. The largest absolute Gasteiger partial charge is 0.289 e. The Balaban J connectivity index is 1.85. The van der Waals surface area contributed by atoms with Crippen molar-refractivity contribution in [3.63, 3.8) is 0 Å². The zero-order valence-electron chi connectivity index (χ0n) is 21.1. The lowest BCUT2D eigenvalue weighted by molar-refractivity contribution is -0.659. The van der Waals surface area contributed by atoms with E-state index in [1.165, 1.54) is 53.9 Å². The molecule has 0 spiro atoms. The van der Waals surface area contributed by atoms with Crippen LogP contribution in [0.3, 0.4) is 0 Å². The zero-order chi connectivity index (χ0) is 23.7. The first kappa shape index (κ1) is 22.1. The van der Waals surface area contributed by atoms with Crippen LogP contribution in [-0.2, 0) is 18.9 Å². The summed E-state index contributed by atoms with van der Waals surface area (Å²) in [6, 6.07) is 13.5. The van der Waals surface area contributed by atoms with Crippen LogP contribution >= 0.6 is 11.3 Å². The molecule has 5 aromatic rings. The number of fused-ring (bicyclic) bond motifs is 4. The number of hydrogen-bond acceptors (Lipinski definition) is 2. The summed E-state index contributed by atoms with van der Waals surface area (Å²) in [6.45, 7) is 16.1. The van der Waals surface area contributed by atoms with E-state index in [9.17, 15) is 0 Å². The molecule has 3 aromatic heterocycles. The average Bonchev–Trinajstić information content (AvgIpc) is 3.27. The molecule has 3 nitrogen and oxygen atoms in total. The predicted octanol–water partition coefficient (Wildman–Crippen LogP) is 7.39. The number of benzene rings is 2. The van der Waals surface area contributed by atoms with E-state index in [1.54, 1.807) is 0 Å². The Bertz CT molecular complexity index is 1520. The number of thiazole rings is 1. The fourth-order valence-electron chi connectivity index (χ4n) is 4.98.